The molecule has 0 saturated carbocycles. The molecule has 0 aromatic carbocycles. The molecule has 0 saturated heterocycles. The Morgan fingerprint density at radius 2 is 2.44 bits per heavy atom. The first-order valence-electron chi connectivity index (χ1n) is 6.31. The van der Waals surface area contributed by atoms with Crippen molar-refractivity contribution in [1.29, 1.82) is 0 Å². The van der Waals surface area contributed by atoms with Crippen LogP contribution in [0.15, 0.2) is 30.0 Å². The second-order valence-corrected chi connectivity index (χ2v) is 4.54. The number of nitrogens with one attached hydrogen (secondary N) is 2. The summed E-state index contributed by atoms with van der Waals surface area (Å²) in [7, 11) is 0. The van der Waals surface area contributed by atoms with Crippen LogP contribution < -0.4 is 10.6 Å². The highest BCUT2D eigenvalue weighted by Crippen LogP contribution is 2.05. The number of aryl methyl sites for hydroxylation is 1. The van der Waals surface area contributed by atoms with Crippen LogP contribution in [0.5, 0.6) is 0 Å². The molecular formula is C14H19N3O. The lowest BCUT2D eigenvalue weighted by molar-refractivity contribution is -0.120. The Balaban J connectivity index is 1.82. The molecule has 0 fully saturated rings. The number of rotatable bonds is 4. The van der Waals surface area contributed by atoms with Crippen molar-refractivity contribution in [3.05, 3.63) is 41.2 Å². The predicted octanol–water partition coefficient (Wildman–Crippen LogP) is 0.968. The molecule has 1 aliphatic rings. The van der Waals surface area contributed by atoms with E-state index in [1.165, 1.54) is 5.57 Å². The molecule has 0 unspecified atom stereocenters. The van der Waals surface area contributed by atoms with Gasteiger partial charge >= 0.3 is 0 Å². The molecule has 1 aromatic rings. The van der Waals surface area contributed by atoms with Crippen LogP contribution in [-0.2, 0) is 11.2 Å². The van der Waals surface area contributed by atoms with Crippen LogP contribution in [0.2, 0.25) is 0 Å². The van der Waals surface area contributed by atoms with E-state index in [-0.39, 0.29) is 5.91 Å². The van der Waals surface area contributed by atoms with Gasteiger partial charge in [-0.05, 0) is 31.5 Å². The monoisotopic (exact) mass is 245 g/mol. The lowest BCUT2D eigenvalue weighted by Crippen LogP contribution is -2.30. The van der Waals surface area contributed by atoms with E-state index in [2.05, 4.69) is 21.7 Å². The molecule has 2 heterocycles. The standard InChI is InChI=1S/C14H19N3O/c1-11-3-2-6-16-13(11)9-14(18)17-10-12-4-7-15-8-5-12/h2-4,6,15H,5,7-10H2,1H3,(H,17,18). The van der Waals surface area contributed by atoms with Crippen LogP contribution in [0.3, 0.4) is 0 Å². The van der Waals surface area contributed by atoms with Gasteiger partial charge in [-0.2, -0.15) is 0 Å². The highest BCUT2D eigenvalue weighted by Gasteiger charge is 2.08. The van der Waals surface area contributed by atoms with Crippen molar-refractivity contribution >= 4 is 5.91 Å². The van der Waals surface area contributed by atoms with E-state index in [0.717, 1.165) is 30.8 Å². The summed E-state index contributed by atoms with van der Waals surface area (Å²) in [5, 5.41) is 6.20. The Morgan fingerprint density at radius 3 is 3.17 bits per heavy atom. The van der Waals surface area contributed by atoms with Crippen molar-refractivity contribution in [1.82, 2.24) is 15.6 Å². The summed E-state index contributed by atoms with van der Waals surface area (Å²) in [6.07, 6.45) is 5.25. The highest BCUT2D eigenvalue weighted by molar-refractivity contribution is 5.78. The Labute approximate surface area is 108 Å². The van der Waals surface area contributed by atoms with Gasteiger partial charge in [-0.15, -0.1) is 0 Å². The molecule has 2 rings (SSSR count). The molecule has 1 aliphatic heterocycles. The molecule has 2 N–H and O–H groups in total. The second-order valence-electron chi connectivity index (χ2n) is 4.54. The van der Waals surface area contributed by atoms with Gasteiger partial charge in [0.1, 0.15) is 0 Å². The first kappa shape index (κ1) is 12.8. The highest BCUT2D eigenvalue weighted by atomic mass is 16.1. The Bertz CT molecular complexity index is 454. The topological polar surface area (TPSA) is 54.0 Å². The molecule has 0 atom stereocenters. The maximum absolute atomic E-state index is 11.8. The Morgan fingerprint density at radius 1 is 1.56 bits per heavy atom. The van der Waals surface area contributed by atoms with Crippen LogP contribution in [0.4, 0.5) is 0 Å². The zero-order valence-electron chi connectivity index (χ0n) is 10.7. The second kappa shape index (κ2) is 6.31. The zero-order valence-corrected chi connectivity index (χ0v) is 10.7. The van der Waals surface area contributed by atoms with Crippen LogP contribution in [0.25, 0.3) is 0 Å². The third-order valence-electron chi connectivity index (χ3n) is 3.12. The quantitative estimate of drug-likeness (QED) is 0.777. The molecule has 18 heavy (non-hydrogen) atoms. The van der Waals surface area contributed by atoms with E-state index < -0.39 is 0 Å². The molecule has 1 amide bonds. The largest absolute Gasteiger partial charge is 0.352 e. The summed E-state index contributed by atoms with van der Waals surface area (Å²) in [4.78, 5) is 16.0. The minimum Gasteiger partial charge on any atom is -0.352 e. The van der Waals surface area contributed by atoms with Crippen LogP contribution in [0.1, 0.15) is 17.7 Å². The van der Waals surface area contributed by atoms with E-state index in [9.17, 15) is 4.79 Å². The summed E-state index contributed by atoms with van der Waals surface area (Å²) >= 11 is 0. The van der Waals surface area contributed by atoms with Gasteiger partial charge in [-0.3, -0.25) is 9.78 Å². The van der Waals surface area contributed by atoms with E-state index in [4.69, 9.17) is 0 Å². The Hall–Kier alpha value is -1.68. The zero-order chi connectivity index (χ0) is 12.8. The molecule has 4 nitrogen and oxygen atoms in total. The maximum atomic E-state index is 11.8. The SMILES string of the molecule is Cc1cccnc1CC(=O)NCC1=CCNCC1. The predicted molar refractivity (Wildman–Crippen MR) is 71.3 cm³/mol. The fourth-order valence-corrected chi connectivity index (χ4v) is 1.96. The summed E-state index contributed by atoms with van der Waals surface area (Å²) in [5.74, 6) is 0.0382. The van der Waals surface area contributed by atoms with Gasteiger partial charge in [0.05, 0.1) is 12.1 Å². The average molecular weight is 245 g/mol. The number of pyridine rings is 1. The van der Waals surface area contributed by atoms with E-state index in [0.29, 0.717) is 13.0 Å². The lowest BCUT2D eigenvalue weighted by atomic mass is 10.1. The number of carbonyl (C=O) groups excluding carboxylic acids is 1. The van der Waals surface area contributed by atoms with Crippen molar-refractivity contribution in [2.75, 3.05) is 19.6 Å². The van der Waals surface area contributed by atoms with Crippen molar-refractivity contribution in [2.45, 2.75) is 19.8 Å². The number of nitrogens with zero attached hydrogens (tertiary/aromatic N) is 1. The molecular weight excluding hydrogens is 226 g/mol. The number of hydrogen-bond donors (Lipinski definition) is 2. The summed E-state index contributed by atoms with van der Waals surface area (Å²) in [6.45, 7) is 4.54. The number of aromatic nitrogens is 1. The fraction of sp³-hybridized carbons (Fsp3) is 0.429. The minimum absolute atomic E-state index is 0.0382. The van der Waals surface area contributed by atoms with Crippen LogP contribution in [0, 0.1) is 6.92 Å². The van der Waals surface area contributed by atoms with Crippen molar-refractivity contribution in [3.63, 3.8) is 0 Å². The van der Waals surface area contributed by atoms with E-state index >= 15 is 0 Å². The average Bonchev–Trinajstić information content (AvgIpc) is 2.40. The third-order valence-corrected chi connectivity index (χ3v) is 3.12. The first-order chi connectivity index (χ1) is 8.75. The smallest absolute Gasteiger partial charge is 0.226 e. The van der Waals surface area contributed by atoms with Gasteiger partial charge in [0, 0.05) is 19.3 Å². The molecule has 0 radical (unpaired) electrons. The van der Waals surface area contributed by atoms with Gasteiger partial charge in [0.15, 0.2) is 0 Å². The number of carbonyl (C=O) groups is 1. The van der Waals surface area contributed by atoms with Crippen LogP contribution in [-0.4, -0.2) is 30.5 Å². The van der Waals surface area contributed by atoms with Crippen molar-refractivity contribution < 1.29 is 4.79 Å². The lowest BCUT2D eigenvalue weighted by Gasteiger charge is -2.14. The minimum atomic E-state index is 0.0382. The number of hydrogen-bond acceptors (Lipinski definition) is 3. The van der Waals surface area contributed by atoms with E-state index in [1.807, 2.05) is 19.1 Å². The maximum Gasteiger partial charge on any atom is 0.226 e. The van der Waals surface area contributed by atoms with E-state index in [1.54, 1.807) is 6.20 Å². The van der Waals surface area contributed by atoms with Crippen molar-refractivity contribution in [3.8, 4) is 0 Å². The normalized spacial score (nSPS) is 15.1. The molecule has 1 aromatic heterocycles. The molecule has 0 bridgehead atoms. The van der Waals surface area contributed by atoms with Gasteiger partial charge in [0.2, 0.25) is 5.91 Å². The third kappa shape index (κ3) is 3.67. The van der Waals surface area contributed by atoms with Crippen molar-refractivity contribution in [2.24, 2.45) is 0 Å². The molecule has 0 aliphatic carbocycles. The summed E-state index contributed by atoms with van der Waals surface area (Å²) in [5.41, 5.74) is 3.22. The van der Waals surface area contributed by atoms with Gasteiger partial charge in [0.25, 0.3) is 0 Å². The van der Waals surface area contributed by atoms with Crippen LogP contribution >= 0.6 is 0 Å². The van der Waals surface area contributed by atoms with Gasteiger partial charge < -0.3 is 10.6 Å². The summed E-state index contributed by atoms with van der Waals surface area (Å²) < 4.78 is 0. The first-order valence-corrected chi connectivity index (χ1v) is 6.31. The summed E-state index contributed by atoms with van der Waals surface area (Å²) in [6, 6.07) is 3.86. The fourth-order valence-electron chi connectivity index (χ4n) is 1.96. The molecule has 4 heteroatoms. The van der Waals surface area contributed by atoms with Gasteiger partial charge in [-0.1, -0.05) is 17.7 Å². The number of amides is 1. The van der Waals surface area contributed by atoms with Gasteiger partial charge in [-0.25, -0.2) is 0 Å². The molecule has 0 spiro atoms. The Kier molecular flexibility index (Phi) is 4.47. The molecule has 96 valence electrons.